The second kappa shape index (κ2) is 3.35. The van der Waals surface area contributed by atoms with E-state index >= 15 is 0 Å². The van der Waals surface area contributed by atoms with E-state index in [-0.39, 0.29) is 0 Å². The molecule has 0 aromatic heterocycles. The van der Waals surface area contributed by atoms with Gasteiger partial charge in [-0.15, -0.1) is 0 Å². The minimum Gasteiger partial charge on any atom is -0.290 e. The lowest BCUT2D eigenvalue weighted by atomic mass is 10.0. The molecule has 1 rings (SSSR count). The SMILES string of the molecule is CC=NC1CC=CC=C1C. The minimum absolute atomic E-state index is 0.412. The summed E-state index contributed by atoms with van der Waals surface area (Å²) in [5.74, 6) is 0. The van der Waals surface area contributed by atoms with Crippen molar-refractivity contribution in [2.24, 2.45) is 4.99 Å². The summed E-state index contributed by atoms with van der Waals surface area (Å²) in [6.07, 6.45) is 9.32. The van der Waals surface area contributed by atoms with Crippen LogP contribution in [0.4, 0.5) is 0 Å². The molecule has 0 saturated carbocycles. The van der Waals surface area contributed by atoms with Crippen molar-refractivity contribution in [2.45, 2.75) is 26.3 Å². The van der Waals surface area contributed by atoms with Crippen LogP contribution in [0.15, 0.2) is 28.8 Å². The fourth-order valence-corrected chi connectivity index (χ4v) is 1.08. The Hall–Kier alpha value is -0.850. The lowest BCUT2D eigenvalue weighted by molar-refractivity contribution is 0.779. The summed E-state index contributed by atoms with van der Waals surface area (Å²) >= 11 is 0. The number of hydrogen-bond donors (Lipinski definition) is 0. The molecule has 0 spiro atoms. The van der Waals surface area contributed by atoms with E-state index in [2.05, 4.69) is 30.1 Å². The van der Waals surface area contributed by atoms with Crippen molar-refractivity contribution in [3.8, 4) is 0 Å². The van der Waals surface area contributed by atoms with E-state index in [0.29, 0.717) is 6.04 Å². The Kier molecular flexibility index (Phi) is 2.43. The Bertz CT molecular complexity index is 187. The van der Waals surface area contributed by atoms with Crippen LogP contribution in [-0.2, 0) is 0 Å². The van der Waals surface area contributed by atoms with Crippen molar-refractivity contribution >= 4 is 6.21 Å². The van der Waals surface area contributed by atoms with E-state index in [1.54, 1.807) is 0 Å². The fraction of sp³-hybridized carbons (Fsp3) is 0.444. The Labute approximate surface area is 62.2 Å². The number of hydrogen-bond acceptors (Lipinski definition) is 1. The van der Waals surface area contributed by atoms with Gasteiger partial charge in [0.2, 0.25) is 0 Å². The molecular formula is C9H13N. The van der Waals surface area contributed by atoms with Crippen molar-refractivity contribution in [1.29, 1.82) is 0 Å². The average Bonchev–Trinajstić information content (AvgIpc) is 1.94. The molecule has 1 nitrogen and oxygen atoms in total. The lowest BCUT2D eigenvalue weighted by Gasteiger charge is -2.12. The van der Waals surface area contributed by atoms with E-state index in [0.717, 1.165) is 6.42 Å². The van der Waals surface area contributed by atoms with E-state index in [4.69, 9.17) is 0 Å². The Morgan fingerprint density at radius 2 is 2.50 bits per heavy atom. The fourth-order valence-electron chi connectivity index (χ4n) is 1.08. The van der Waals surface area contributed by atoms with Gasteiger partial charge in [-0.2, -0.15) is 0 Å². The molecule has 0 aromatic rings. The predicted molar refractivity (Wildman–Crippen MR) is 45.5 cm³/mol. The third kappa shape index (κ3) is 1.56. The summed E-state index contributed by atoms with van der Waals surface area (Å²) in [4.78, 5) is 4.32. The van der Waals surface area contributed by atoms with E-state index < -0.39 is 0 Å². The van der Waals surface area contributed by atoms with Crippen molar-refractivity contribution in [3.63, 3.8) is 0 Å². The highest BCUT2D eigenvalue weighted by Gasteiger charge is 2.06. The van der Waals surface area contributed by atoms with E-state index in [1.165, 1.54) is 5.57 Å². The van der Waals surface area contributed by atoms with Gasteiger partial charge in [0.25, 0.3) is 0 Å². The molecule has 0 bridgehead atoms. The molecule has 1 atom stereocenters. The normalized spacial score (nSPS) is 25.4. The van der Waals surface area contributed by atoms with Gasteiger partial charge >= 0.3 is 0 Å². The molecule has 54 valence electrons. The van der Waals surface area contributed by atoms with Crippen LogP contribution < -0.4 is 0 Å². The monoisotopic (exact) mass is 135 g/mol. The van der Waals surface area contributed by atoms with Crippen LogP contribution in [0.2, 0.25) is 0 Å². The van der Waals surface area contributed by atoms with Crippen LogP contribution in [0.25, 0.3) is 0 Å². The first-order valence-corrected chi connectivity index (χ1v) is 3.65. The van der Waals surface area contributed by atoms with Gasteiger partial charge in [-0.05, 0) is 32.1 Å². The summed E-state index contributed by atoms with van der Waals surface area (Å²) in [5.41, 5.74) is 1.36. The molecule has 1 aliphatic carbocycles. The van der Waals surface area contributed by atoms with Gasteiger partial charge in [-0.1, -0.05) is 18.2 Å². The third-order valence-electron chi connectivity index (χ3n) is 1.71. The molecule has 1 aliphatic rings. The molecule has 0 aromatic carbocycles. The largest absolute Gasteiger partial charge is 0.290 e. The maximum atomic E-state index is 4.32. The summed E-state index contributed by atoms with van der Waals surface area (Å²) in [6, 6.07) is 0.412. The number of rotatable bonds is 1. The van der Waals surface area contributed by atoms with Crippen molar-refractivity contribution < 1.29 is 0 Å². The van der Waals surface area contributed by atoms with Crippen LogP contribution in [0.3, 0.4) is 0 Å². The molecule has 0 aliphatic heterocycles. The standard InChI is InChI=1S/C9H13N/c1-3-10-9-7-5-4-6-8(9)2/h3-6,9H,7H2,1-2H3. The molecule has 0 saturated heterocycles. The number of nitrogens with zero attached hydrogens (tertiary/aromatic N) is 1. The minimum atomic E-state index is 0.412. The van der Waals surface area contributed by atoms with Crippen molar-refractivity contribution in [3.05, 3.63) is 23.8 Å². The van der Waals surface area contributed by atoms with Crippen LogP contribution in [0.1, 0.15) is 20.3 Å². The van der Waals surface area contributed by atoms with Crippen LogP contribution in [0.5, 0.6) is 0 Å². The van der Waals surface area contributed by atoms with Gasteiger partial charge in [0.1, 0.15) is 0 Å². The highest BCUT2D eigenvalue weighted by Crippen LogP contribution is 2.14. The lowest BCUT2D eigenvalue weighted by Crippen LogP contribution is -2.06. The van der Waals surface area contributed by atoms with E-state index in [1.807, 2.05) is 13.1 Å². The molecule has 0 N–H and O–H groups in total. The van der Waals surface area contributed by atoms with Gasteiger partial charge in [-0.25, -0.2) is 0 Å². The summed E-state index contributed by atoms with van der Waals surface area (Å²) < 4.78 is 0. The molecule has 10 heavy (non-hydrogen) atoms. The first kappa shape index (κ1) is 7.26. The van der Waals surface area contributed by atoms with Gasteiger partial charge in [-0.3, -0.25) is 4.99 Å². The van der Waals surface area contributed by atoms with E-state index in [9.17, 15) is 0 Å². The van der Waals surface area contributed by atoms with Gasteiger partial charge in [0, 0.05) is 0 Å². The molecule has 0 amide bonds. The Balaban J connectivity index is 2.64. The first-order valence-electron chi connectivity index (χ1n) is 3.65. The maximum Gasteiger partial charge on any atom is 0.0739 e. The van der Waals surface area contributed by atoms with Gasteiger partial charge in [0.05, 0.1) is 6.04 Å². The smallest absolute Gasteiger partial charge is 0.0739 e. The Morgan fingerprint density at radius 3 is 3.10 bits per heavy atom. The summed E-state index contributed by atoms with van der Waals surface area (Å²) in [6.45, 7) is 4.09. The number of allylic oxidation sites excluding steroid dienone is 2. The van der Waals surface area contributed by atoms with Crippen LogP contribution >= 0.6 is 0 Å². The average molecular weight is 135 g/mol. The van der Waals surface area contributed by atoms with Gasteiger partial charge in [0.15, 0.2) is 0 Å². The van der Waals surface area contributed by atoms with Crippen LogP contribution in [-0.4, -0.2) is 12.3 Å². The quantitative estimate of drug-likeness (QED) is 0.489. The first-order chi connectivity index (χ1) is 4.84. The zero-order chi connectivity index (χ0) is 7.40. The topological polar surface area (TPSA) is 12.4 Å². The summed E-state index contributed by atoms with van der Waals surface area (Å²) in [5, 5.41) is 0. The molecule has 0 fully saturated rings. The Morgan fingerprint density at radius 1 is 1.70 bits per heavy atom. The second-order valence-corrected chi connectivity index (χ2v) is 2.50. The maximum absolute atomic E-state index is 4.32. The zero-order valence-electron chi connectivity index (χ0n) is 6.54. The second-order valence-electron chi connectivity index (χ2n) is 2.50. The molecule has 1 heteroatoms. The van der Waals surface area contributed by atoms with Crippen LogP contribution in [0, 0.1) is 0 Å². The highest BCUT2D eigenvalue weighted by atomic mass is 14.8. The highest BCUT2D eigenvalue weighted by molar-refractivity contribution is 5.54. The molecule has 0 radical (unpaired) electrons. The van der Waals surface area contributed by atoms with Crippen molar-refractivity contribution in [2.75, 3.05) is 0 Å². The molecule has 0 heterocycles. The van der Waals surface area contributed by atoms with Crippen molar-refractivity contribution in [1.82, 2.24) is 0 Å². The third-order valence-corrected chi connectivity index (χ3v) is 1.71. The molecule has 1 unspecified atom stereocenters. The zero-order valence-corrected chi connectivity index (χ0v) is 6.54. The number of aliphatic imine (C=N–C) groups is 1. The summed E-state index contributed by atoms with van der Waals surface area (Å²) in [7, 11) is 0. The van der Waals surface area contributed by atoms with Gasteiger partial charge < -0.3 is 0 Å². The molecular weight excluding hydrogens is 122 g/mol. The predicted octanol–water partition coefficient (Wildman–Crippen LogP) is 2.35.